The van der Waals surface area contributed by atoms with E-state index in [0.717, 1.165) is 12.1 Å². The van der Waals surface area contributed by atoms with Gasteiger partial charge in [-0.15, -0.1) is 5.10 Å². The van der Waals surface area contributed by atoms with Gasteiger partial charge in [0.2, 0.25) is 0 Å². The number of nitrogens with two attached hydrogens (primary N) is 1. The Balaban J connectivity index is 2.15. The number of ether oxygens (including phenoxy) is 1. The van der Waals surface area contributed by atoms with Gasteiger partial charge in [0.15, 0.2) is 0 Å². The molecule has 5 heteroatoms. The van der Waals surface area contributed by atoms with E-state index in [2.05, 4.69) is 19.2 Å². The highest BCUT2D eigenvalue weighted by molar-refractivity contribution is 5.74. The first-order valence-corrected chi connectivity index (χ1v) is 5.33. The van der Waals surface area contributed by atoms with Crippen molar-refractivity contribution in [2.24, 2.45) is 0 Å². The lowest BCUT2D eigenvalue weighted by Gasteiger charge is -2.07. The van der Waals surface area contributed by atoms with Crippen molar-refractivity contribution in [2.75, 3.05) is 33.0 Å². The lowest BCUT2D eigenvalue weighted by molar-refractivity contribution is -0.858. The minimum absolute atomic E-state index is 0.521. The standard InChI is InChI=1S/C11H16N4O/c1-14(2)7-8-16-11-10(12)9-5-3-4-6-15(9)13-11/h3-6H,7-8,12H2,1-2H3/p+1. The quantitative estimate of drug-likeness (QED) is 0.727. The molecule has 0 atom stereocenters. The maximum atomic E-state index is 5.94. The summed E-state index contributed by atoms with van der Waals surface area (Å²) >= 11 is 0. The number of likely N-dealkylation sites (N-methyl/N-ethyl adjacent to an activating group) is 1. The van der Waals surface area contributed by atoms with Gasteiger partial charge in [0.1, 0.15) is 18.8 Å². The summed E-state index contributed by atoms with van der Waals surface area (Å²) in [6, 6.07) is 5.76. The number of quaternary nitrogens is 1. The molecule has 2 aromatic heterocycles. The van der Waals surface area contributed by atoms with Crippen molar-refractivity contribution < 1.29 is 9.64 Å². The van der Waals surface area contributed by atoms with Crippen LogP contribution in [0.4, 0.5) is 5.69 Å². The molecule has 0 saturated heterocycles. The van der Waals surface area contributed by atoms with Crippen LogP contribution in [0.15, 0.2) is 24.4 Å². The summed E-state index contributed by atoms with van der Waals surface area (Å²) in [7, 11) is 4.16. The minimum atomic E-state index is 0.521. The number of fused-ring (bicyclic) bond motifs is 1. The van der Waals surface area contributed by atoms with Crippen LogP contribution in [0.1, 0.15) is 0 Å². The van der Waals surface area contributed by atoms with Gasteiger partial charge < -0.3 is 15.4 Å². The Bertz CT molecular complexity index is 478. The van der Waals surface area contributed by atoms with Crippen molar-refractivity contribution >= 4 is 11.2 Å². The van der Waals surface area contributed by atoms with Crippen LogP contribution in [-0.2, 0) is 0 Å². The average Bonchev–Trinajstić information content (AvgIpc) is 2.56. The van der Waals surface area contributed by atoms with Crippen molar-refractivity contribution in [2.45, 2.75) is 0 Å². The Morgan fingerprint density at radius 1 is 1.44 bits per heavy atom. The average molecular weight is 221 g/mol. The van der Waals surface area contributed by atoms with E-state index >= 15 is 0 Å². The first-order chi connectivity index (χ1) is 7.68. The van der Waals surface area contributed by atoms with Crippen LogP contribution in [0.3, 0.4) is 0 Å². The van der Waals surface area contributed by atoms with Crippen molar-refractivity contribution in [3.63, 3.8) is 0 Å². The molecule has 0 aliphatic heterocycles. The third-order valence-electron chi connectivity index (χ3n) is 2.39. The van der Waals surface area contributed by atoms with Gasteiger partial charge in [-0.1, -0.05) is 6.07 Å². The second kappa shape index (κ2) is 4.40. The van der Waals surface area contributed by atoms with Crippen LogP contribution < -0.4 is 15.4 Å². The number of nitrogen functional groups attached to an aromatic ring is 1. The largest absolute Gasteiger partial charge is 0.469 e. The van der Waals surface area contributed by atoms with Crippen LogP contribution in [-0.4, -0.2) is 36.9 Å². The van der Waals surface area contributed by atoms with E-state index in [1.54, 1.807) is 4.52 Å². The van der Waals surface area contributed by atoms with E-state index in [-0.39, 0.29) is 0 Å². The summed E-state index contributed by atoms with van der Waals surface area (Å²) in [5.41, 5.74) is 7.43. The maximum absolute atomic E-state index is 5.94. The summed E-state index contributed by atoms with van der Waals surface area (Å²) in [6.45, 7) is 1.55. The monoisotopic (exact) mass is 221 g/mol. The number of nitrogens with one attached hydrogen (secondary N) is 1. The number of nitrogens with zero attached hydrogens (tertiary/aromatic N) is 2. The lowest BCUT2D eigenvalue weighted by atomic mass is 10.4. The number of rotatable bonds is 4. The SMILES string of the molecule is C[NH+](C)CCOc1nn2ccccc2c1N. The molecule has 5 nitrogen and oxygen atoms in total. The zero-order valence-corrected chi connectivity index (χ0v) is 9.60. The van der Waals surface area contributed by atoms with Gasteiger partial charge in [0.05, 0.1) is 19.6 Å². The van der Waals surface area contributed by atoms with Crippen molar-refractivity contribution in [1.82, 2.24) is 9.61 Å². The summed E-state index contributed by atoms with van der Waals surface area (Å²) < 4.78 is 7.28. The Labute approximate surface area is 94.4 Å². The van der Waals surface area contributed by atoms with Crippen LogP contribution in [0, 0.1) is 0 Å². The molecule has 0 radical (unpaired) electrons. The van der Waals surface area contributed by atoms with E-state index in [9.17, 15) is 0 Å². The fourth-order valence-electron chi connectivity index (χ4n) is 1.45. The molecule has 0 unspecified atom stereocenters. The first kappa shape index (κ1) is 10.8. The number of anilines is 1. The van der Waals surface area contributed by atoms with Crippen LogP contribution in [0.2, 0.25) is 0 Å². The number of hydrogen-bond donors (Lipinski definition) is 2. The third-order valence-corrected chi connectivity index (χ3v) is 2.39. The molecule has 16 heavy (non-hydrogen) atoms. The number of aromatic nitrogens is 2. The second-order valence-electron chi connectivity index (χ2n) is 4.05. The smallest absolute Gasteiger partial charge is 0.257 e. The molecule has 0 aromatic carbocycles. The van der Waals surface area contributed by atoms with E-state index < -0.39 is 0 Å². The molecule has 0 bridgehead atoms. The maximum Gasteiger partial charge on any atom is 0.257 e. The fraction of sp³-hybridized carbons (Fsp3) is 0.364. The van der Waals surface area contributed by atoms with E-state index in [1.165, 1.54) is 4.90 Å². The normalized spacial score (nSPS) is 11.2. The zero-order valence-electron chi connectivity index (χ0n) is 9.60. The second-order valence-corrected chi connectivity index (χ2v) is 4.05. The Kier molecular flexibility index (Phi) is 2.96. The molecule has 2 aromatic rings. The van der Waals surface area contributed by atoms with Gasteiger partial charge >= 0.3 is 0 Å². The van der Waals surface area contributed by atoms with Gasteiger partial charge in [-0.2, -0.15) is 0 Å². The molecule has 86 valence electrons. The zero-order chi connectivity index (χ0) is 11.5. The molecule has 0 spiro atoms. The molecule has 0 fully saturated rings. The van der Waals surface area contributed by atoms with Crippen LogP contribution in [0.5, 0.6) is 5.88 Å². The fourth-order valence-corrected chi connectivity index (χ4v) is 1.45. The molecular weight excluding hydrogens is 204 g/mol. The van der Waals surface area contributed by atoms with E-state index in [4.69, 9.17) is 10.5 Å². The van der Waals surface area contributed by atoms with Crippen LogP contribution >= 0.6 is 0 Å². The molecule has 0 saturated carbocycles. The molecule has 2 heterocycles. The van der Waals surface area contributed by atoms with E-state index in [1.807, 2.05) is 24.4 Å². The summed E-state index contributed by atoms with van der Waals surface area (Å²) in [5.74, 6) is 0.521. The molecule has 0 amide bonds. The highest BCUT2D eigenvalue weighted by atomic mass is 16.5. The van der Waals surface area contributed by atoms with Crippen molar-refractivity contribution in [3.8, 4) is 5.88 Å². The molecular formula is C11H17N4O+. The Hall–Kier alpha value is -1.75. The topological polar surface area (TPSA) is 57.0 Å². The van der Waals surface area contributed by atoms with Gasteiger partial charge in [-0.05, 0) is 12.1 Å². The number of hydrogen-bond acceptors (Lipinski definition) is 3. The van der Waals surface area contributed by atoms with Gasteiger partial charge in [0.25, 0.3) is 5.88 Å². The van der Waals surface area contributed by atoms with Gasteiger partial charge in [0, 0.05) is 6.20 Å². The third kappa shape index (κ3) is 2.09. The molecule has 0 aliphatic rings. The highest BCUT2D eigenvalue weighted by Crippen LogP contribution is 2.24. The van der Waals surface area contributed by atoms with Gasteiger partial charge in [-0.3, -0.25) is 0 Å². The summed E-state index contributed by atoms with van der Waals surface area (Å²) in [5, 5.41) is 4.27. The van der Waals surface area contributed by atoms with Crippen LogP contribution in [0.25, 0.3) is 5.52 Å². The number of pyridine rings is 1. The van der Waals surface area contributed by atoms with Crippen molar-refractivity contribution in [3.05, 3.63) is 24.4 Å². The summed E-state index contributed by atoms with van der Waals surface area (Å²) in [4.78, 5) is 1.34. The summed E-state index contributed by atoms with van der Waals surface area (Å²) in [6.07, 6.45) is 1.86. The highest BCUT2D eigenvalue weighted by Gasteiger charge is 2.10. The Morgan fingerprint density at radius 3 is 2.94 bits per heavy atom. The van der Waals surface area contributed by atoms with E-state index in [0.29, 0.717) is 18.2 Å². The van der Waals surface area contributed by atoms with Gasteiger partial charge in [-0.25, -0.2) is 4.52 Å². The molecule has 2 rings (SSSR count). The Morgan fingerprint density at radius 2 is 2.25 bits per heavy atom. The van der Waals surface area contributed by atoms with Crippen molar-refractivity contribution in [1.29, 1.82) is 0 Å². The first-order valence-electron chi connectivity index (χ1n) is 5.33. The predicted molar refractivity (Wildman–Crippen MR) is 62.8 cm³/mol. The molecule has 0 aliphatic carbocycles. The predicted octanol–water partition coefficient (Wildman–Crippen LogP) is -0.560. The molecule has 3 N–H and O–H groups in total. The lowest BCUT2D eigenvalue weighted by Crippen LogP contribution is -3.06. The minimum Gasteiger partial charge on any atom is -0.469 e.